The van der Waals surface area contributed by atoms with Crippen molar-refractivity contribution in [1.29, 1.82) is 0 Å². The first kappa shape index (κ1) is 16.7. The third kappa shape index (κ3) is 3.96. The Morgan fingerprint density at radius 2 is 1.95 bits per heavy atom. The van der Waals surface area contributed by atoms with Crippen molar-refractivity contribution in [3.8, 4) is 0 Å². The third-order valence-electron chi connectivity index (χ3n) is 4.05. The predicted molar refractivity (Wildman–Crippen MR) is 84.9 cm³/mol. The molecular weight excluding hydrogens is 359 g/mol. The zero-order valence-corrected chi connectivity index (χ0v) is 14.3. The topological polar surface area (TPSA) is 72.2 Å². The molecule has 1 fully saturated rings. The highest BCUT2D eigenvalue weighted by atomic mass is 79.9. The smallest absolute Gasteiger partial charge is 0.243 e. The van der Waals surface area contributed by atoms with E-state index in [1.807, 2.05) is 0 Å². The minimum Gasteiger partial charge on any atom is -0.399 e. The van der Waals surface area contributed by atoms with Crippen LogP contribution in [0.15, 0.2) is 21.5 Å². The van der Waals surface area contributed by atoms with Crippen LogP contribution in [0.2, 0.25) is 0 Å². The molecule has 0 amide bonds. The van der Waals surface area contributed by atoms with Crippen molar-refractivity contribution in [3.05, 3.63) is 22.4 Å². The summed E-state index contributed by atoms with van der Waals surface area (Å²) in [6.45, 7) is 2.15. The second-order valence-corrected chi connectivity index (χ2v) is 8.10. The number of nitrogens with one attached hydrogen (secondary N) is 1. The Hall–Kier alpha value is -0.660. The minimum absolute atomic E-state index is 0.0533. The number of sulfonamides is 1. The molecular formula is C14H20BrFN2O2S. The van der Waals surface area contributed by atoms with E-state index in [2.05, 4.69) is 27.6 Å². The van der Waals surface area contributed by atoms with Gasteiger partial charge in [-0.25, -0.2) is 17.5 Å². The first-order valence-electron chi connectivity index (χ1n) is 7.10. The van der Waals surface area contributed by atoms with Gasteiger partial charge >= 0.3 is 0 Å². The highest BCUT2D eigenvalue weighted by Crippen LogP contribution is 2.29. The summed E-state index contributed by atoms with van der Waals surface area (Å²) in [7, 11) is -3.89. The quantitative estimate of drug-likeness (QED) is 0.788. The standard InChI is InChI=1S/C14H20BrFN2O2S/c1-2-9-3-5-11(6-4-9)18-21(19,20)13-8-10(17)7-12(15)14(13)16/h7-9,11,18H,2-6,17H2,1H3. The molecule has 0 spiro atoms. The Kier molecular flexibility index (Phi) is 5.27. The van der Waals surface area contributed by atoms with Gasteiger partial charge in [-0.15, -0.1) is 0 Å². The Labute approximate surface area is 133 Å². The summed E-state index contributed by atoms with van der Waals surface area (Å²) in [6, 6.07) is 2.37. The fourth-order valence-electron chi connectivity index (χ4n) is 2.75. The monoisotopic (exact) mass is 378 g/mol. The van der Waals surface area contributed by atoms with Gasteiger partial charge in [0.2, 0.25) is 10.0 Å². The van der Waals surface area contributed by atoms with E-state index in [1.165, 1.54) is 6.07 Å². The lowest BCUT2D eigenvalue weighted by Crippen LogP contribution is -2.38. The Bertz CT molecular complexity index is 614. The van der Waals surface area contributed by atoms with Crippen LogP contribution in [-0.4, -0.2) is 14.5 Å². The summed E-state index contributed by atoms with van der Waals surface area (Å²) in [5.41, 5.74) is 5.81. The van der Waals surface area contributed by atoms with E-state index in [0.29, 0.717) is 5.92 Å². The summed E-state index contributed by atoms with van der Waals surface area (Å²) < 4.78 is 41.4. The first-order valence-corrected chi connectivity index (χ1v) is 9.38. The molecule has 0 heterocycles. The molecule has 0 atom stereocenters. The van der Waals surface area contributed by atoms with Gasteiger partial charge in [-0.3, -0.25) is 0 Å². The van der Waals surface area contributed by atoms with Crippen LogP contribution in [0.3, 0.4) is 0 Å². The normalized spacial score (nSPS) is 23.2. The molecule has 1 aromatic rings. The molecule has 118 valence electrons. The van der Waals surface area contributed by atoms with Crippen molar-refractivity contribution in [2.75, 3.05) is 5.73 Å². The van der Waals surface area contributed by atoms with E-state index >= 15 is 0 Å². The van der Waals surface area contributed by atoms with Gasteiger partial charge in [0, 0.05) is 11.7 Å². The van der Waals surface area contributed by atoms with Gasteiger partial charge in [0.15, 0.2) is 5.82 Å². The maximum absolute atomic E-state index is 14.0. The van der Waals surface area contributed by atoms with Gasteiger partial charge in [-0.05, 0) is 59.7 Å². The average Bonchev–Trinajstić information content (AvgIpc) is 2.43. The molecule has 2 rings (SSSR count). The fraction of sp³-hybridized carbons (Fsp3) is 0.571. The van der Waals surface area contributed by atoms with E-state index in [0.717, 1.165) is 38.2 Å². The molecule has 4 nitrogen and oxygen atoms in total. The molecule has 7 heteroatoms. The Morgan fingerprint density at radius 1 is 1.33 bits per heavy atom. The van der Waals surface area contributed by atoms with E-state index < -0.39 is 20.7 Å². The van der Waals surface area contributed by atoms with Crippen LogP contribution in [0.1, 0.15) is 39.0 Å². The zero-order chi connectivity index (χ0) is 15.6. The SMILES string of the molecule is CCC1CCC(NS(=O)(=O)c2cc(N)cc(Br)c2F)CC1. The van der Waals surface area contributed by atoms with Crippen molar-refractivity contribution in [3.63, 3.8) is 0 Å². The van der Waals surface area contributed by atoms with Crippen LogP contribution in [0.5, 0.6) is 0 Å². The van der Waals surface area contributed by atoms with Crippen molar-refractivity contribution in [2.24, 2.45) is 5.92 Å². The second-order valence-electron chi connectivity index (χ2n) is 5.56. The fourth-order valence-corrected chi connectivity index (χ4v) is 4.80. The summed E-state index contributed by atoms with van der Waals surface area (Å²) in [5, 5.41) is 0. The number of nitrogen functional groups attached to an aromatic ring is 1. The molecule has 0 saturated heterocycles. The van der Waals surface area contributed by atoms with Gasteiger partial charge in [0.25, 0.3) is 0 Å². The molecule has 0 bridgehead atoms. The van der Waals surface area contributed by atoms with Crippen LogP contribution < -0.4 is 10.5 Å². The van der Waals surface area contributed by atoms with Gasteiger partial charge in [-0.1, -0.05) is 13.3 Å². The van der Waals surface area contributed by atoms with E-state index in [9.17, 15) is 12.8 Å². The summed E-state index contributed by atoms with van der Waals surface area (Å²) >= 11 is 2.98. The van der Waals surface area contributed by atoms with Crippen molar-refractivity contribution < 1.29 is 12.8 Å². The highest BCUT2D eigenvalue weighted by Gasteiger charge is 2.27. The molecule has 1 aliphatic rings. The molecule has 0 aliphatic heterocycles. The van der Waals surface area contributed by atoms with Gasteiger partial charge < -0.3 is 5.73 Å². The maximum Gasteiger partial charge on any atom is 0.243 e. The van der Waals surface area contributed by atoms with E-state index in [-0.39, 0.29) is 16.2 Å². The second kappa shape index (κ2) is 6.62. The lowest BCUT2D eigenvalue weighted by molar-refractivity contribution is 0.306. The number of hydrogen-bond donors (Lipinski definition) is 2. The zero-order valence-electron chi connectivity index (χ0n) is 11.9. The third-order valence-corrected chi connectivity index (χ3v) is 6.15. The van der Waals surface area contributed by atoms with Gasteiger partial charge in [-0.2, -0.15) is 0 Å². The van der Waals surface area contributed by atoms with Crippen LogP contribution in [0, 0.1) is 11.7 Å². The van der Waals surface area contributed by atoms with Crippen molar-refractivity contribution in [2.45, 2.75) is 50.0 Å². The number of rotatable bonds is 4. The first-order chi connectivity index (χ1) is 9.83. The molecule has 0 unspecified atom stereocenters. The lowest BCUT2D eigenvalue weighted by Gasteiger charge is -2.28. The molecule has 1 saturated carbocycles. The minimum atomic E-state index is -3.89. The highest BCUT2D eigenvalue weighted by molar-refractivity contribution is 9.10. The van der Waals surface area contributed by atoms with Gasteiger partial charge in [0.05, 0.1) is 4.47 Å². The van der Waals surface area contributed by atoms with Crippen molar-refractivity contribution in [1.82, 2.24) is 4.72 Å². The van der Waals surface area contributed by atoms with Crippen LogP contribution >= 0.6 is 15.9 Å². The number of halogens is 2. The number of nitrogens with two attached hydrogens (primary N) is 1. The average molecular weight is 379 g/mol. The Balaban J connectivity index is 2.16. The van der Waals surface area contributed by atoms with Gasteiger partial charge in [0.1, 0.15) is 4.90 Å². The van der Waals surface area contributed by atoms with Crippen LogP contribution in [-0.2, 0) is 10.0 Å². The summed E-state index contributed by atoms with van der Waals surface area (Å²) in [6.07, 6.45) is 4.72. The lowest BCUT2D eigenvalue weighted by atomic mass is 9.85. The van der Waals surface area contributed by atoms with Crippen LogP contribution in [0.25, 0.3) is 0 Å². The Morgan fingerprint density at radius 3 is 2.52 bits per heavy atom. The molecule has 0 aromatic heterocycles. The molecule has 21 heavy (non-hydrogen) atoms. The molecule has 1 aromatic carbocycles. The largest absolute Gasteiger partial charge is 0.399 e. The van der Waals surface area contributed by atoms with Crippen LogP contribution in [0.4, 0.5) is 10.1 Å². The van der Waals surface area contributed by atoms with Crippen molar-refractivity contribution >= 4 is 31.6 Å². The van der Waals surface area contributed by atoms with E-state index in [1.54, 1.807) is 0 Å². The van der Waals surface area contributed by atoms with E-state index in [4.69, 9.17) is 5.73 Å². The number of benzene rings is 1. The molecule has 0 radical (unpaired) electrons. The maximum atomic E-state index is 14.0. The summed E-state index contributed by atoms with van der Waals surface area (Å²) in [4.78, 5) is -0.396. The molecule has 3 N–H and O–H groups in total. The number of hydrogen-bond acceptors (Lipinski definition) is 3. The summed E-state index contributed by atoms with van der Waals surface area (Å²) in [5.74, 6) is -0.136. The number of anilines is 1. The molecule has 1 aliphatic carbocycles. The predicted octanol–water partition coefficient (Wildman–Crippen LogP) is 3.42.